The van der Waals surface area contributed by atoms with Gasteiger partial charge in [-0.3, -0.25) is 4.90 Å². The number of piperidine rings is 1. The first kappa shape index (κ1) is 25.2. The minimum Gasteiger partial charge on any atom is -0.506 e. The molecule has 172 valence electrons. The molecule has 1 aliphatic rings. The molecular formula is C24H27I2NO5. The van der Waals surface area contributed by atoms with Crippen LogP contribution in [-0.4, -0.2) is 46.2 Å². The maximum absolute atomic E-state index is 12.8. The summed E-state index contributed by atoms with van der Waals surface area (Å²) in [6.07, 6.45) is 1.26. The molecule has 2 aromatic rings. The first-order valence-electron chi connectivity index (χ1n) is 10.3. The number of esters is 2. The van der Waals surface area contributed by atoms with Gasteiger partial charge in [-0.05, 0) is 110 Å². The fraction of sp³-hybridized carbons (Fsp3) is 0.417. The molecule has 0 amide bonds. The van der Waals surface area contributed by atoms with Crippen LogP contribution in [0.15, 0.2) is 36.4 Å². The molecule has 6 nitrogen and oxygen atoms in total. The third-order valence-electron chi connectivity index (χ3n) is 6.07. The normalized spacial score (nSPS) is 18.2. The zero-order chi connectivity index (χ0) is 23.8. The van der Waals surface area contributed by atoms with Gasteiger partial charge < -0.3 is 14.6 Å². The van der Waals surface area contributed by atoms with Crippen LogP contribution in [-0.2, 0) is 4.74 Å². The van der Waals surface area contributed by atoms with Crippen LogP contribution >= 0.6 is 45.2 Å². The van der Waals surface area contributed by atoms with E-state index in [-0.39, 0.29) is 34.2 Å². The molecule has 0 radical (unpaired) electrons. The molecule has 8 heteroatoms. The number of phenolic OH excluding ortho intramolecular Hbond substituents is 1. The van der Waals surface area contributed by atoms with E-state index in [0.717, 1.165) is 16.4 Å². The van der Waals surface area contributed by atoms with E-state index in [1.165, 1.54) is 6.07 Å². The Hall–Kier alpha value is -1.40. The Labute approximate surface area is 215 Å². The van der Waals surface area contributed by atoms with Crippen LogP contribution < -0.4 is 4.74 Å². The van der Waals surface area contributed by atoms with Crippen molar-refractivity contribution in [3.8, 4) is 11.5 Å². The minimum atomic E-state index is -0.691. The summed E-state index contributed by atoms with van der Waals surface area (Å²) in [4.78, 5) is 27.8. The van der Waals surface area contributed by atoms with E-state index >= 15 is 0 Å². The molecule has 1 aliphatic heterocycles. The van der Waals surface area contributed by atoms with E-state index in [0.29, 0.717) is 9.13 Å². The number of nitrogens with zero attached hydrogens (tertiary/aromatic N) is 1. The Morgan fingerprint density at radius 1 is 1.03 bits per heavy atom. The van der Waals surface area contributed by atoms with Gasteiger partial charge in [-0.1, -0.05) is 6.07 Å². The Balaban J connectivity index is 1.74. The average Bonchev–Trinajstić information content (AvgIpc) is 2.68. The summed E-state index contributed by atoms with van der Waals surface area (Å²) in [5, 5.41) is 10.2. The van der Waals surface area contributed by atoms with E-state index in [4.69, 9.17) is 9.47 Å². The maximum Gasteiger partial charge on any atom is 0.347 e. The summed E-state index contributed by atoms with van der Waals surface area (Å²) in [6.45, 7) is 8.60. The van der Waals surface area contributed by atoms with Crippen molar-refractivity contribution in [1.82, 2.24) is 4.90 Å². The Kier molecular flexibility index (Phi) is 7.45. The van der Waals surface area contributed by atoms with Crippen molar-refractivity contribution in [3.63, 3.8) is 0 Å². The van der Waals surface area contributed by atoms with Crippen LogP contribution in [0.2, 0.25) is 0 Å². The van der Waals surface area contributed by atoms with Gasteiger partial charge >= 0.3 is 11.9 Å². The lowest BCUT2D eigenvalue weighted by Crippen LogP contribution is -2.60. The van der Waals surface area contributed by atoms with Crippen molar-refractivity contribution >= 4 is 57.1 Å². The molecule has 0 aliphatic carbocycles. The molecule has 1 fully saturated rings. The number of aromatic hydroxyl groups is 1. The molecular weight excluding hydrogens is 636 g/mol. The van der Waals surface area contributed by atoms with Crippen molar-refractivity contribution in [3.05, 3.63) is 54.7 Å². The van der Waals surface area contributed by atoms with Crippen LogP contribution in [0.25, 0.3) is 0 Å². The molecule has 3 rings (SSSR count). The molecule has 0 spiro atoms. The van der Waals surface area contributed by atoms with Crippen LogP contribution in [0.4, 0.5) is 0 Å². The van der Waals surface area contributed by atoms with Gasteiger partial charge in [0.25, 0.3) is 0 Å². The molecule has 0 unspecified atom stereocenters. The van der Waals surface area contributed by atoms with Gasteiger partial charge in [0.15, 0.2) is 0 Å². The minimum absolute atomic E-state index is 0.0741. The summed E-state index contributed by atoms with van der Waals surface area (Å²) in [6, 6.07) is 9.67. The van der Waals surface area contributed by atoms with Gasteiger partial charge in [0.1, 0.15) is 23.2 Å². The quantitative estimate of drug-likeness (QED) is 0.260. The molecule has 32 heavy (non-hydrogen) atoms. The summed E-state index contributed by atoms with van der Waals surface area (Å²) in [7, 11) is 2.10. The number of phenols is 1. The lowest BCUT2D eigenvalue weighted by molar-refractivity contribution is -0.0732. The highest BCUT2D eigenvalue weighted by atomic mass is 127. The summed E-state index contributed by atoms with van der Waals surface area (Å²) in [5.74, 6) is -1.06. The van der Waals surface area contributed by atoms with Crippen molar-refractivity contribution in [2.24, 2.45) is 0 Å². The second-order valence-electron chi connectivity index (χ2n) is 9.32. The van der Waals surface area contributed by atoms with Crippen molar-refractivity contribution < 1.29 is 24.2 Å². The van der Waals surface area contributed by atoms with Crippen molar-refractivity contribution in [2.75, 3.05) is 7.05 Å². The second kappa shape index (κ2) is 9.46. The highest BCUT2D eigenvalue weighted by Crippen LogP contribution is 2.38. The molecule has 0 aromatic heterocycles. The molecule has 2 aromatic carbocycles. The highest BCUT2D eigenvalue weighted by molar-refractivity contribution is 14.1. The third kappa shape index (κ3) is 5.56. The van der Waals surface area contributed by atoms with Gasteiger partial charge in [0, 0.05) is 27.5 Å². The lowest BCUT2D eigenvalue weighted by atomic mass is 9.79. The average molecular weight is 663 g/mol. The molecule has 1 N–H and O–H groups in total. The lowest BCUT2D eigenvalue weighted by Gasteiger charge is -2.53. The Bertz CT molecular complexity index is 1030. The highest BCUT2D eigenvalue weighted by Gasteiger charge is 2.44. The predicted octanol–water partition coefficient (Wildman–Crippen LogP) is 5.63. The number of carbonyl (C=O) groups is 2. The number of halogens is 2. The van der Waals surface area contributed by atoms with Gasteiger partial charge in [-0.25, -0.2) is 9.59 Å². The van der Waals surface area contributed by atoms with Crippen LogP contribution in [0.1, 0.15) is 61.3 Å². The fourth-order valence-electron chi connectivity index (χ4n) is 4.15. The van der Waals surface area contributed by atoms with Gasteiger partial charge in [0.05, 0.1) is 9.13 Å². The Morgan fingerprint density at radius 3 is 2.28 bits per heavy atom. The molecule has 1 saturated heterocycles. The zero-order valence-electron chi connectivity index (χ0n) is 18.7. The number of likely N-dealkylation sites (tertiary alicyclic amines) is 1. The Morgan fingerprint density at radius 2 is 1.66 bits per heavy atom. The van der Waals surface area contributed by atoms with E-state index in [2.05, 4.69) is 62.2 Å². The van der Waals surface area contributed by atoms with Crippen LogP contribution in [0.5, 0.6) is 11.5 Å². The van der Waals surface area contributed by atoms with Crippen molar-refractivity contribution in [2.45, 2.75) is 57.7 Å². The van der Waals surface area contributed by atoms with Crippen LogP contribution in [0.3, 0.4) is 0 Å². The third-order valence-corrected chi connectivity index (χ3v) is 7.52. The fourth-order valence-corrected chi connectivity index (χ4v) is 6.00. The standard InChI is InChI=1S/C24H27I2NO5/c1-23(2)12-17(13-24(3,4)27(23)5)32-21(29)14-7-6-8-16(9-14)31-22(30)18-10-15(25)11-19(26)20(18)28/h6-11,17,28H,12-13H2,1-5H3. The summed E-state index contributed by atoms with van der Waals surface area (Å²) >= 11 is 4.03. The number of carbonyl (C=O) groups excluding carboxylic acids is 2. The first-order chi connectivity index (χ1) is 14.8. The van der Waals surface area contributed by atoms with E-state index in [1.54, 1.807) is 30.3 Å². The summed E-state index contributed by atoms with van der Waals surface area (Å²) < 4.78 is 12.6. The molecule has 1 heterocycles. The molecule has 0 saturated carbocycles. The van der Waals surface area contributed by atoms with Gasteiger partial charge in [-0.15, -0.1) is 0 Å². The van der Waals surface area contributed by atoms with E-state index < -0.39 is 11.9 Å². The second-order valence-corrected chi connectivity index (χ2v) is 11.7. The smallest absolute Gasteiger partial charge is 0.347 e. The number of benzene rings is 2. The zero-order valence-corrected chi connectivity index (χ0v) is 23.1. The first-order valence-corrected chi connectivity index (χ1v) is 12.4. The van der Waals surface area contributed by atoms with Crippen LogP contribution in [0, 0.1) is 7.14 Å². The number of rotatable bonds is 4. The maximum atomic E-state index is 12.8. The molecule has 0 bridgehead atoms. The monoisotopic (exact) mass is 663 g/mol. The predicted molar refractivity (Wildman–Crippen MR) is 139 cm³/mol. The van der Waals surface area contributed by atoms with Gasteiger partial charge in [0.2, 0.25) is 0 Å². The number of hydrogen-bond acceptors (Lipinski definition) is 6. The van der Waals surface area contributed by atoms with E-state index in [9.17, 15) is 14.7 Å². The number of hydrogen-bond donors (Lipinski definition) is 1. The van der Waals surface area contributed by atoms with E-state index in [1.807, 2.05) is 22.6 Å². The van der Waals surface area contributed by atoms with Gasteiger partial charge in [-0.2, -0.15) is 0 Å². The summed E-state index contributed by atoms with van der Waals surface area (Å²) in [5.41, 5.74) is 0.185. The van der Waals surface area contributed by atoms with Crippen molar-refractivity contribution in [1.29, 1.82) is 0 Å². The number of ether oxygens (including phenoxy) is 2. The SMILES string of the molecule is CN1C(C)(C)CC(OC(=O)c2cccc(OC(=O)c3cc(I)cc(I)c3O)c2)CC1(C)C. The topological polar surface area (TPSA) is 76.1 Å². The molecule has 0 atom stereocenters. The largest absolute Gasteiger partial charge is 0.506 e.